The highest BCUT2D eigenvalue weighted by Crippen LogP contribution is 2.23. The Labute approximate surface area is 184 Å². The van der Waals surface area contributed by atoms with Crippen LogP contribution in [0.25, 0.3) is 0 Å². The van der Waals surface area contributed by atoms with Gasteiger partial charge < -0.3 is 9.26 Å². The van der Waals surface area contributed by atoms with Crippen molar-refractivity contribution in [2.45, 2.75) is 33.9 Å². The summed E-state index contributed by atoms with van der Waals surface area (Å²) in [5.74, 6) is 0.550. The molecule has 0 bridgehead atoms. The average Bonchev–Trinajstić information content (AvgIpc) is 3.37. The molecule has 164 valence electrons. The Balaban J connectivity index is 1.43. The van der Waals surface area contributed by atoms with E-state index in [-0.39, 0.29) is 24.1 Å². The maximum absolute atomic E-state index is 13.1. The van der Waals surface area contributed by atoms with E-state index < -0.39 is 5.91 Å². The van der Waals surface area contributed by atoms with Crippen molar-refractivity contribution in [3.63, 3.8) is 0 Å². The third-order valence-electron chi connectivity index (χ3n) is 5.15. The van der Waals surface area contributed by atoms with Crippen molar-refractivity contribution < 1.29 is 18.4 Å². The predicted molar refractivity (Wildman–Crippen MR) is 115 cm³/mol. The first-order valence-electron chi connectivity index (χ1n) is 10.00. The first-order valence-corrected chi connectivity index (χ1v) is 10.00. The molecule has 4 rings (SSSR count). The van der Waals surface area contributed by atoms with Crippen molar-refractivity contribution in [3.05, 3.63) is 88.3 Å². The highest BCUT2D eigenvalue weighted by atomic mass is 19.1. The molecule has 0 atom stereocenters. The molecule has 2 aromatic heterocycles. The number of halogens is 1. The van der Waals surface area contributed by atoms with Crippen molar-refractivity contribution >= 4 is 11.9 Å². The minimum Gasteiger partial charge on any atom is -0.488 e. The van der Waals surface area contributed by atoms with Crippen LogP contribution in [0.1, 0.15) is 38.5 Å². The van der Waals surface area contributed by atoms with Crippen LogP contribution in [0.4, 0.5) is 10.3 Å². The molecule has 1 N–H and O–H groups in total. The van der Waals surface area contributed by atoms with Crippen LogP contribution < -0.4 is 10.1 Å². The minimum absolute atomic E-state index is 0.114. The SMILES string of the molecule is Cc1cccc(OCc2c(C(=O)Nc3ncn(Cc4ccc(F)cc4)n3)noc2C)c1C. The molecule has 9 heteroatoms. The lowest BCUT2D eigenvalue weighted by atomic mass is 10.1. The first-order chi connectivity index (χ1) is 15.4. The van der Waals surface area contributed by atoms with Gasteiger partial charge in [-0.2, -0.15) is 0 Å². The van der Waals surface area contributed by atoms with Crippen molar-refractivity contribution in [2.24, 2.45) is 0 Å². The fourth-order valence-electron chi connectivity index (χ4n) is 3.14. The third kappa shape index (κ3) is 4.66. The standard InChI is InChI=1S/C23H22FN5O3/c1-14-5-4-6-20(15(14)2)31-12-19-16(3)32-28-21(19)22(30)26-23-25-13-29(27-23)11-17-7-9-18(24)10-8-17/h4-10,13H,11-12H2,1-3H3,(H,26,27,30). The fraction of sp³-hybridized carbons (Fsp3) is 0.217. The van der Waals surface area contributed by atoms with Crippen molar-refractivity contribution in [1.82, 2.24) is 19.9 Å². The molecule has 0 aliphatic carbocycles. The average molecular weight is 435 g/mol. The van der Waals surface area contributed by atoms with Crippen LogP contribution in [-0.2, 0) is 13.2 Å². The van der Waals surface area contributed by atoms with Gasteiger partial charge in [0.15, 0.2) is 5.69 Å². The normalized spacial score (nSPS) is 10.9. The number of benzene rings is 2. The van der Waals surface area contributed by atoms with Gasteiger partial charge in [-0.15, -0.1) is 5.10 Å². The van der Waals surface area contributed by atoms with Crippen LogP contribution in [-0.4, -0.2) is 25.8 Å². The van der Waals surface area contributed by atoms with Gasteiger partial charge in [-0.1, -0.05) is 29.4 Å². The molecule has 4 aromatic rings. The number of hydrogen-bond acceptors (Lipinski definition) is 6. The van der Waals surface area contributed by atoms with Gasteiger partial charge in [0, 0.05) is 0 Å². The highest BCUT2D eigenvalue weighted by Gasteiger charge is 2.22. The Kier molecular flexibility index (Phi) is 5.98. The van der Waals surface area contributed by atoms with E-state index >= 15 is 0 Å². The molecular weight excluding hydrogens is 413 g/mol. The lowest BCUT2D eigenvalue weighted by molar-refractivity contribution is 0.101. The molecule has 0 spiro atoms. The fourth-order valence-corrected chi connectivity index (χ4v) is 3.14. The molecule has 0 saturated heterocycles. The van der Waals surface area contributed by atoms with E-state index in [4.69, 9.17) is 9.26 Å². The van der Waals surface area contributed by atoms with Gasteiger partial charge in [0.2, 0.25) is 5.95 Å². The molecular formula is C23H22FN5O3. The molecule has 8 nitrogen and oxygen atoms in total. The van der Waals surface area contributed by atoms with Crippen LogP contribution in [0, 0.1) is 26.6 Å². The number of aromatic nitrogens is 4. The molecule has 32 heavy (non-hydrogen) atoms. The van der Waals surface area contributed by atoms with Crippen molar-refractivity contribution in [1.29, 1.82) is 0 Å². The Morgan fingerprint density at radius 3 is 2.72 bits per heavy atom. The summed E-state index contributed by atoms with van der Waals surface area (Å²) in [7, 11) is 0. The summed E-state index contributed by atoms with van der Waals surface area (Å²) >= 11 is 0. The summed E-state index contributed by atoms with van der Waals surface area (Å²) in [5, 5.41) is 10.7. The number of ether oxygens (including phenoxy) is 1. The molecule has 0 aliphatic heterocycles. The number of nitrogens with one attached hydrogen (secondary N) is 1. The summed E-state index contributed by atoms with van der Waals surface area (Å²) in [5.41, 5.74) is 3.66. The van der Waals surface area contributed by atoms with Gasteiger partial charge in [-0.25, -0.2) is 14.1 Å². The lowest BCUT2D eigenvalue weighted by Gasteiger charge is -2.10. The minimum atomic E-state index is -0.499. The number of carbonyl (C=O) groups is 1. The Morgan fingerprint density at radius 1 is 1.16 bits per heavy atom. The number of aryl methyl sites for hydroxylation is 2. The maximum Gasteiger partial charge on any atom is 0.280 e. The molecule has 0 unspecified atom stereocenters. The number of rotatable bonds is 7. The summed E-state index contributed by atoms with van der Waals surface area (Å²) < 4.78 is 25.7. The van der Waals surface area contributed by atoms with Crippen LogP contribution >= 0.6 is 0 Å². The number of hydrogen-bond donors (Lipinski definition) is 1. The molecule has 0 fully saturated rings. The van der Waals surface area contributed by atoms with Gasteiger partial charge >= 0.3 is 0 Å². The van der Waals surface area contributed by atoms with Crippen molar-refractivity contribution in [3.8, 4) is 5.75 Å². The zero-order valence-corrected chi connectivity index (χ0v) is 17.9. The second-order valence-electron chi connectivity index (χ2n) is 7.40. The Bertz CT molecular complexity index is 1250. The zero-order chi connectivity index (χ0) is 22.7. The van der Waals surface area contributed by atoms with E-state index in [2.05, 4.69) is 20.6 Å². The van der Waals surface area contributed by atoms with Crippen LogP contribution in [0.2, 0.25) is 0 Å². The van der Waals surface area contributed by atoms with E-state index in [9.17, 15) is 9.18 Å². The molecule has 0 radical (unpaired) electrons. The van der Waals surface area contributed by atoms with Crippen LogP contribution in [0.3, 0.4) is 0 Å². The summed E-state index contributed by atoms with van der Waals surface area (Å²) in [6.07, 6.45) is 1.48. The van der Waals surface area contributed by atoms with E-state index in [1.165, 1.54) is 18.5 Å². The monoisotopic (exact) mass is 435 g/mol. The van der Waals surface area contributed by atoms with Crippen LogP contribution in [0.15, 0.2) is 53.3 Å². The summed E-state index contributed by atoms with van der Waals surface area (Å²) in [4.78, 5) is 16.9. The molecule has 0 saturated carbocycles. The van der Waals surface area contributed by atoms with Crippen LogP contribution in [0.5, 0.6) is 5.75 Å². The summed E-state index contributed by atoms with van der Waals surface area (Å²) in [6, 6.07) is 11.9. The molecule has 0 aliphatic rings. The molecule has 1 amide bonds. The maximum atomic E-state index is 13.1. The van der Waals surface area contributed by atoms with Gasteiger partial charge in [-0.05, 0) is 55.7 Å². The highest BCUT2D eigenvalue weighted by molar-refractivity contribution is 6.02. The van der Waals surface area contributed by atoms with E-state index in [1.807, 2.05) is 32.0 Å². The third-order valence-corrected chi connectivity index (χ3v) is 5.15. The van der Waals surface area contributed by atoms with Gasteiger partial charge in [0.05, 0.1) is 12.1 Å². The predicted octanol–water partition coefficient (Wildman–Crippen LogP) is 4.21. The topological polar surface area (TPSA) is 95.1 Å². The zero-order valence-electron chi connectivity index (χ0n) is 17.9. The Hall–Kier alpha value is -4.01. The Morgan fingerprint density at radius 2 is 1.94 bits per heavy atom. The number of nitrogens with zero attached hydrogens (tertiary/aromatic N) is 4. The van der Waals surface area contributed by atoms with E-state index in [0.717, 1.165) is 22.4 Å². The first kappa shape index (κ1) is 21.2. The van der Waals surface area contributed by atoms with Crippen molar-refractivity contribution in [2.75, 3.05) is 5.32 Å². The van der Waals surface area contributed by atoms with Gasteiger partial charge in [0.1, 0.15) is 30.3 Å². The number of carbonyl (C=O) groups excluding carboxylic acids is 1. The van der Waals surface area contributed by atoms with Gasteiger partial charge in [-0.3, -0.25) is 10.1 Å². The lowest BCUT2D eigenvalue weighted by Crippen LogP contribution is -2.16. The largest absolute Gasteiger partial charge is 0.488 e. The number of anilines is 1. The van der Waals surface area contributed by atoms with E-state index in [0.29, 0.717) is 17.9 Å². The number of amides is 1. The summed E-state index contributed by atoms with van der Waals surface area (Å²) in [6.45, 7) is 6.23. The second kappa shape index (κ2) is 9.01. The molecule has 2 heterocycles. The molecule has 2 aromatic carbocycles. The quantitative estimate of drug-likeness (QED) is 0.467. The van der Waals surface area contributed by atoms with Gasteiger partial charge in [0.25, 0.3) is 5.91 Å². The second-order valence-corrected chi connectivity index (χ2v) is 7.40. The van der Waals surface area contributed by atoms with E-state index in [1.54, 1.807) is 23.7 Å². The smallest absolute Gasteiger partial charge is 0.280 e.